The molecule has 4 aromatic heterocycles. The number of nitrogens with zero attached hydrogens (tertiary/aromatic N) is 2. The number of aromatic nitrogens is 1. The van der Waals surface area contributed by atoms with Crippen molar-refractivity contribution in [2.24, 2.45) is 7.05 Å². The topological polar surface area (TPSA) is 40.8 Å². The third-order valence-electron chi connectivity index (χ3n) is 5.84. The van der Waals surface area contributed by atoms with E-state index in [0.717, 1.165) is 49.2 Å². The van der Waals surface area contributed by atoms with Crippen LogP contribution in [-0.2, 0) is 7.05 Å². The minimum absolute atomic E-state index is 0.643. The summed E-state index contributed by atoms with van der Waals surface area (Å²) in [6, 6.07) is 21.1. The molecule has 0 unspecified atom stereocenters. The van der Waals surface area contributed by atoms with Crippen molar-refractivity contribution in [2.75, 3.05) is 0 Å². The van der Waals surface area contributed by atoms with Crippen LogP contribution in [0.4, 0.5) is 0 Å². The van der Waals surface area contributed by atoms with Crippen LogP contribution in [-0.4, -0.2) is 0 Å². The molecule has 0 aliphatic heterocycles. The Morgan fingerprint density at radius 3 is 2.52 bits per heavy atom. The lowest BCUT2D eigenvalue weighted by Crippen LogP contribution is -2.30. The van der Waals surface area contributed by atoms with E-state index in [4.69, 9.17) is 4.42 Å². The van der Waals surface area contributed by atoms with Crippen molar-refractivity contribution < 1.29 is 8.98 Å². The molecule has 0 bridgehead atoms. The van der Waals surface area contributed by atoms with Gasteiger partial charge >= 0.3 is 0 Å². The number of benzene rings is 2. The Bertz CT molecular complexity index is 1650. The predicted octanol–water partition coefficient (Wildman–Crippen LogP) is 7.20. The van der Waals surface area contributed by atoms with E-state index in [1.54, 1.807) is 22.7 Å². The van der Waals surface area contributed by atoms with Crippen molar-refractivity contribution in [2.45, 2.75) is 6.92 Å². The molecule has 6 aromatic rings. The summed E-state index contributed by atoms with van der Waals surface area (Å²) >= 11 is 3.44. The van der Waals surface area contributed by atoms with E-state index in [0.29, 0.717) is 5.56 Å². The zero-order chi connectivity index (χ0) is 21.1. The van der Waals surface area contributed by atoms with Crippen LogP contribution in [0.1, 0.15) is 11.1 Å². The van der Waals surface area contributed by atoms with Crippen LogP contribution in [0.25, 0.3) is 53.0 Å². The Hall–Kier alpha value is -3.46. The van der Waals surface area contributed by atoms with Crippen molar-refractivity contribution in [1.29, 1.82) is 5.26 Å². The van der Waals surface area contributed by atoms with Gasteiger partial charge in [0.15, 0.2) is 6.20 Å². The number of hydrogen-bond donors (Lipinski definition) is 0. The van der Waals surface area contributed by atoms with Gasteiger partial charge in [0.1, 0.15) is 18.2 Å². The highest BCUT2D eigenvalue weighted by molar-refractivity contribution is 7.28. The lowest BCUT2D eigenvalue weighted by atomic mass is 9.99. The van der Waals surface area contributed by atoms with E-state index in [-0.39, 0.29) is 0 Å². The van der Waals surface area contributed by atoms with Crippen LogP contribution in [0.15, 0.2) is 70.6 Å². The van der Waals surface area contributed by atoms with Crippen LogP contribution in [0, 0.1) is 18.3 Å². The quantitative estimate of drug-likeness (QED) is 0.269. The van der Waals surface area contributed by atoms with E-state index in [9.17, 15) is 5.26 Å². The summed E-state index contributed by atoms with van der Waals surface area (Å²) in [7, 11) is 2.05. The maximum atomic E-state index is 9.86. The molecule has 0 atom stereocenters. The molecule has 0 fully saturated rings. The molecule has 5 heteroatoms. The van der Waals surface area contributed by atoms with Gasteiger partial charge in [0.25, 0.3) is 0 Å². The second kappa shape index (κ2) is 6.78. The second-order valence-electron chi connectivity index (χ2n) is 7.67. The summed E-state index contributed by atoms with van der Waals surface area (Å²) < 4.78 is 11.2. The number of furan rings is 1. The first-order valence-electron chi connectivity index (χ1n) is 9.97. The number of aryl methyl sites for hydroxylation is 2. The fourth-order valence-electron chi connectivity index (χ4n) is 4.33. The Kier molecular flexibility index (Phi) is 4.01. The number of fused-ring (bicyclic) bond motifs is 4. The van der Waals surface area contributed by atoms with E-state index in [2.05, 4.69) is 53.3 Å². The number of rotatable bonds is 2. The van der Waals surface area contributed by atoms with Crippen molar-refractivity contribution in [3.05, 3.63) is 77.3 Å². The molecule has 3 nitrogen and oxygen atoms in total. The fourth-order valence-corrected chi connectivity index (χ4v) is 6.50. The number of pyridine rings is 1. The van der Waals surface area contributed by atoms with E-state index < -0.39 is 0 Å². The monoisotopic (exact) mass is 437 g/mol. The fraction of sp³-hybridized carbons (Fsp3) is 0.0769. The average Bonchev–Trinajstić information content (AvgIpc) is 3.46. The molecule has 2 aromatic carbocycles. The molecule has 0 radical (unpaired) electrons. The van der Waals surface area contributed by atoms with Gasteiger partial charge in [-0.05, 0) is 48.2 Å². The van der Waals surface area contributed by atoms with Crippen molar-refractivity contribution in [1.82, 2.24) is 0 Å². The number of nitriles is 1. The molecule has 0 saturated heterocycles. The highest BCUT2D eigenvalue weighted by Gasteiger charge is 2.23. The van der Waals surface area contributed by atoms with Gasteiger partial charge in [-0.15, -0.1) is 22.7 Å². The zero-order valence-corrected chi connectivity index (χ0v) is 18.6. The van der Waals surface area contributed by atoms with Crippen LogP contribution in [0.5, 0.6) is 0 Å². The highest BCUT2D eigenvalue weighted by Crippen LogP contribution is 2.45. The van der Waals surface area contributed by atoms with E-state index in [1.165, 1.54) is 9.40 Å². The lowest BCUT2D eigenvalue weighted by Gasteiger charge is -2.04. The molecule has 0 spiro atoms. The van der Waals surface area contributed by atoms with E-state index >= 15 is 0 Å². The van der Waals surface area contributed by atoms with Gasteiger partial charge in [0.05, 0.1) is 22.8 Å². The smallest absolute Gasteiger partial charge is 0.216 e. The second-order valence-corrected chi connectivity index (χ2v) is 9.70. The van der Waals surface area contributed by atoms with Crippen molar-refractivity contribution in [3.8, 4) is 27.8 Å². The van der Waals surface area contributed by atoms with Crippen molar-refractivity contribution in [3.63, 3.8) is 0 Å². The van der Waals surface area contributed by atoms with Gasteiger partial charge in [-0.2, -0.15) is 5.26 Å². The normalized spacial score (nSPS) is 11.5. The van der Waals surface area contributed by atoms with Crippen molar-refractivity contribution >= 4 is 54.0 Å². The van der Waals surface area contributed by atoms with Gasteiger partial charge in [-0.1, -0.05) is 12.1 Å². The molecule has 0 aliphatic rings. The zero-order valence-electron chi connectivity index (χ0n) is 17.0. The average molecular weight is 438 g/mol. The molecular formula is C26H17N2OS2+. The molecule has 0 aliphatic carbocycles. The first-order chi connectivity index (χ1) is 15.2. The van der Waals surface area contributed by atoms with Gasteiger partial charge in [0.2, 0.25) is 5.69 Å². The van der Waals surface area contributed by atoms with Gasteiger partial charge in [-0.25, -0.2) is 4.57 Å². The Labute approximate surface area is 187 Å². The molecule has 31 heavy (non-hydrogen) atoms. The molecule has 0 N–H and O–H groups in total. The summed E-state index contributed by atoms with van der Waals surface area (Å²) in [5, 5.41) is 14.1. The summed E-state index contributed by atoms with van der Waals surface area (Å²) in [4.78, 5) is 1.08. The van der Waals surface area contributed by atoms with Crippen LogP contribution < -0.4 is 4.57 Å². The molecule has 0 saturated carbocycles. The molecule has 4 heterocycles. The number of hydrogen-bond acceptors (Lipinski definition) is 4. The van der Waals surface area contributed by atoms with Crippen LogP contribution >= 0.6 is 22.7 Å². The maximum absolute atomic E-state index is 9.86. The van der Waals surface area contributed by atoms with Crippen LogP contribution in [0.3, 0.4) is 0 Å². The maximum Gasteiger partial charge on any atom is 0.216 e. The minimum Gasteiger partial charge on any atom is -0.454 e. The molecular weight excluding hydrogens is 420 g/mol. The standard InChI is InChI=1S/C26H17N2OS2/c1-15-6-8-17-18-9-7-16(14-27)24(22-13-21-20(31-22)10-12-30-21)26(18)29-25(17)23(15)19-5-3-4-11-28(19)2/h3-13H,1-2H3/q+1. The van der Waals surface area contributed by atoms with Gasteiger partial charge in [0, 0.05) is 37.2 Å². The van der Waals surface area contributed by atoms with E-state index in [1.807, 2.05) is 37.5 Å². The minimum atomic E-state index is 0.643. The van der Waals surface area contributed by atoms with Gasteiger partial charge < -0.3 is 4.42 Å². The molecule has 0 amide bonds. The SMILES string of the molecule is Cc1ccc2c(oc3c(-c4cc5sccc5s4)c(C#N)ccc32)c1-c1cccc[n+]1C. The highest BCUT2D eigenvalue weighted by atomic mass is 32.1. The summed E-state index contributed by atoms with van der Waals surface area (Å²) in [5.41, 5.74) is 6.54. The summed E-state index contributed by atoms with van der Waals surface area (Å²) in [6.07, 6.45) is 2.05. The Balaban J connectivity index is 1.74. The third kappa shape index (κ3) is 2.66. The lowest BCUT2D eigenvalue weighted by molar-refractivity contribution is -0.660. The first-order valence-corrected chi connectivity index (χ1v) is 11.7. The predicted molar refractivity (Wildman–Crippen MR) is 128 cm³/mol. The van der Waals surface area contributed by atoms with Crippen LogP contribution in [0.2, 0.25) is 0 Å². The number of thiophene rings is 2. The largest absolute Gasteiger partial charge is 0.454 e. The summed E-state index contributed by atoms with van der Waals surface area (Å²) in [5.74, 6) is 0. The molecule has 148 valence electrons. The summed E-state index contributed by atoms with van der Waals surface area (Å²) in [6.45, 7) is 2.12. The van der Waals surface area contributed by atoms with Gasteiger partial charge in [-0.3, -0.25) is 0 Å². The Morgan fingerprint density at radius 2 is 1.74 bits per heavy atom. The Morgan fingerprint density at radius 1 is 0.935 bits per heavy atom. The first kappa shape index (κ1) is 18.3. The molecule has 6 rings (SSSR count). The third-order valence-corrected chi connectivity index (χ3v) is 7.95.